The van der Waals surface area contributed by atoms with E-state index in [9.17, 15) is 0 Å². The Labute approximate surface area is 174 Å². The second-order valence-electron chi connectivity index (χ2n) is 7.00. The molecule has 0 radical (unpaired) electrons. The first-order chi connectivity index (χ1) is 13.8. The fourth-order valence-corrected chi connectivity index (χ4v) is 4.10. The minimum absolute atomic E-state index is 0.384. The summed E-state index contributed by atoms with van der Waals surface area (Å²) in [4.78, 5) is 8.84. The molecular weight excluding hydrogens is 372 g/mol. The van der Waals surface area contributed by atoms with Crippen molar-refractivity contribution in [1.82, 2.24) is 15.5 Å². The van der Waals surface area contributed by atoms with E-state index >= 15 is 0 Å². The van der Waals surface area contributed by atoms with Gasteiger partial charge in [0.15, 0.2) is 5.96 Å². The Bertz CT molecular complexity index is 518. The average molecular weight is 411 g/mol. The van der Waals surface area contributed by atoms with Crippen molar-refractivity contribution in [1.29, 1.82) is 0 Å². The van der Waals surface area contributed by atoms with Crippen molar-refractivity contribution in [2.45, 2.75) is 45.6 Å². The molecule has 28 heavy (non-hydrogen) atoms. The number of hydrogen-bond acceptors (Lipinski definition) is 5. The largest absolute Gasteiger partial charge is 0.379 e. The quantitative estimate of drug-likeness (QED) is 0.280. The van der Waals surface area contributed by atoms with Gasteiger partial charge >= 0.3 is 0 Å². The van der Waals surface area contributed by atoms with Crippen LogP contribution in [0.2, 0.25) is 0 Å². The van der Waals surface area contributed by atoms with Crippen LogP contribution >= 0.6 is 11.3 Å². The predicted octanol–water partition coefficient (Wildman–Crippen LogP) is 3.27. The molecule has 1 aromatic rings. The van der Waals surface area contributed by atoms with Crippen LogP contribution in [0.3, 0.4) is 0 Å². The van der Waals surface area contributed by atoms with Crippen molar-refractivity contribution >= 4 is 17.3 Å². The number of thiophene rings is 1. The molecule has 0 aromatic carbocycles. The number of likely N-dealkylation sites (tertiary alicyclic amines) is 1. The van der Waals surface area contributed by atoms with Crippen LogP contribution < -0.4 is 10.6 Å². The molecular formula is C21H38N4O2S. The van der Waals surface area contributed by atoms with Crippen LogP contribution in [0.5, 0.6) is 0 Å². The molecule has 2 rings (SSSR count). The smallest absolute Gasteiger partial charge is 0.191 e. The number of nitrogens with one attached hydrogen (secondary N) is 2. The molecule has 1 aliphatic rings. The SMILES string of the molecule is CCCCOCCOCCNC(=NCC(c1cccs1)N1CCCC1)NCC. The highest BCUT2D eigenvalue weighted by molar-refractivity contribution is 7.10. The molecule has 160 valence electrons. The fraction of sp³-hybridized carbons (Fsp3) is 0.762. The lowest BCUT2D eigenvalue weighted by Gasteiger charge is -2.25. The first kappa shape index (κ1) is 23.1. The standard InChI is InChI=1S/C21H38N4O2S/c1-3-5-13-26-15-16-27-14-10-23-21(22-4-2)24-18-19(20-9-8-17-28-20)25-11-6-7-12-25/h8-9,17,19H,3-7,10-16,18H2,1-2H3,(H2,22,23,24). The van der Waals surface area contributed by atoms with Crippen molar-refractivity contribution in [3.05, 3.63) is 22.4 Å². The summed E-state index contributed by atoms with van der Waals surface area (Å²) < 4.78 is 11.1. The van der Waals surface area contributed by atoms with E-state index in [1.165, 1.54) is 37.2 Å². The van der Waals surface area contributed by atoms with Crippen LogP contribution in [-0.2, 0) is 9.47 Å². The van der Waals surface area contributed by atoms with Crippen LogP contribution in [0.15, 0.2) is 22.5 Å². The van der Waals surface area contributed by atoms with Gasteiger partial charge in [0.2, 0.25) is 0 Å². The molecule has 0 spiro atoms. The number of ether oxygens (including phenoxy) is 2. The van der Waals surface area contributed by atoms with E-state index in [0.29, 0.717) is 25.9 Å². The van der Waals surface area contributed by atoms with Crippen molar-refractivity contribution in [3.8, 4) is 0 Å². The van der Waals surface area contributed by atoms with Crippen LogP contribution in [-0.4, -0.2) is 70.0 Å². The lowest BCUT2D eigenvalue weighted by Crippen LogP contribution is -2.40. The predicted molar refractivity (Wildman–Crippen MR) is 118 cm³/mol. The summed E-state index contributed by atoms with van der Waals surface area (Å²) >= 11 is 1.83. The van der Waals surface area contributed by atoms with E-state index in [4.69, 9.17) is 14.5 Å². The lowest BCUT2D eigenvalue weighted by atomic mass is 10.2. The monoisotopic (exact) mass is 410 g/mol. The van der Waals surface area contributed by atoms with Crippen molar-refractivity contribution in [2.75, 3.05) is 59.2 Å². The van der Waals surface area contributed by atoms with Crippen molar-refractivity contribution < 1.29 is 9.47 Å². The Kier molecular flexibility index (Phi) is 12.2. The number of unbranched alkanes of at least 4 members (excludes halogenated alkanes) is 1. The van der Waals surface area contributed by atoms with Crippen LogP contribution in [0.4, 0.5) is 0 Å². The first-order valence-corrected chi connectivity index (χ1v) is 11.7. The zero-order valence-corrected chi connectivity index (χ0v) is 18.4. The van der Waals surface area contributed by atoms with E-state index in [2.05, 4.69) is 46.9 Å². The maximum atomic E-state index is 5.63. The third kappa shape index (κ3) is 8.90. The molecule has 1 fully saturated rings. The van der Waals surface area contributed by atoms with Crippen LogP contribution in [0.25, 0.3) is 0 Å². The zero-order valence-electron chi connectivity index (χ0n) is 17.6. The Balaban J connectivity index is 1.72. The van der Waals surface area contributed by atoms with E-state index in [0.717, 1.165) is 38.6 Å². The fourth-order valence-electron chi connectivity index (χ4n) is 3.25. The molecule has 1 unspecified atom stereocenters. The van der Waals surface area contributed by atoms with Crippen molar-refractivity contribution in [2.24, 2.45) is 4.99 Å². The van der Waals surface area contributed by atoms with Gasteiger partial charge in [-0.2, -0.15) is 0 Å². The Morgan fingerprint density at radius 1 is 1.14 bits per heavy atom. The molecule has 0 bridgehead atoms. The third-order valence-corrected chi connectivity index (χ3v) is 5.75. The summed E-state index contributed by atoms with van der Waals surface area (Å²) in [6.45, 7) is 11.8. The minimum Gasteiger partial charge on any atom is -0.379 e. The number of rotatable bonds is 14. The Hall–Kier alpha value is -1.15. The summed E-state index contributed by atoms with van der Waals surface area (Å²) in [5, 5.41) is 8.89. The Morgan fingerprint density at radius 2 is 1.93 bits per heavy atom. The molecule has 1 aliphatic heterocycles. The van der Waals surface area contributed by atoms with E-state index in [-0.39, 0.29) is 0 Å². The third-order valence-electron chi connectivity index (χ3n) is 4.77. The summed E-state index contributed by atoms with van der Waals surface area (Å²) in [7, 11) is 0. The molecule has 0 saturated carbocycles. The van der Waals surface area contributed by atoms with Gasteiger partial charge in [0.1, 0.15) is 0 Å². The maximum Gasteiger partial charge on any atom is 0.191 e. The number of nitrogens with zero attached hydrogens (tertiary/aromatic N) is 2. The van der Waals surface area contributed by atoms with E-state index in [1.807, 2.05) is 11.3 Å². The van der Waals surface area contributed by atoms with Crippen molar-refractivity contribution in [3.63, 3.8) is 0 Å². The number of guanidine groups is 1. The molecule has 0 aliphatic carbocycles. The van der Waals surface area contributed by atoms with E-state index < -0.39 is 0 Å². The van der Waals surface area contributed by atoms with Gasteiger partial charge in [0, 0.05) is 24.6 Å². The number of aliphatic imine (C=N–C) groups is 1. The zero-order chi connectivity index (χ0) is 19.9. The molecule has 1 atom stereocenters. The van der Waals surface area contributed by atoms with Crippen LogP contribution in [0.1, 0.15) is 50.4 Å². The highest BCUT2D eigenvalue weighted by Crippen LogP contribution is 2.28. The molecule has 1 aromatic heterocycles. The van der Waals surface area contributed by atoms with Gasteiger partial charge in [0.25, 0.3) is 0 Å². The molecule has 7 heteroatoms. The van der Waals surface area contributed by atoms with Gasteiger partial charge in [-0.05, 0) is 50.7 Å². The maximum absolute atomic E-state index is 5.63. The molecule has 2 N–H and O–H groups in total. The lowest BCUT2D eigenvalue weighted by molar-refractivity contribution is 0.0487. The number of hydrogen-bond donors (Lipinski definition) is 2. The Morgan fingerprint density at radius 3 is 2.61 bits per heavy atom. The first-order valence-electron chi connectivity index (χ1n) is 10.8. The average Bonchev–Trinajstić information content (AvgIpc) is 3.41. The topological polar surface area (TPSA) is 58.1 Å². The second kappa shape index (κ2) is 14.8. The van der Waals surface area contributed by atoms with Crippen LogP contribution in [0, 0.1) is 0 Å². The van der Waals surface area contributed by atoms with Gasteiger partial charge in [-0.15, -0.1) is 11.3 Å². The highest BCUT2D eigenvalue weighted by atomic mass is 32.1. The molecule has 2 heterocycles. The molecule has 6 nitrogen and oxygen atoms in total. The normalized spacial score (nSPS) is 16.4. The summed E-state index contributed by atoms with van der Waals surface area (Å²) in [5.41, 5.74) is 0. The molecule has 0 amide bonds. The van der Waals surface area contributed by atoms with Gasteiger partial charge in [0.05, 0.1) is 32.4 Å². The second-order valence-corrected chi connectivity index (χ2v) is 7.98. The summed E-state index contributed by atoms with van der Waals surface area (Å²) in [5.74, 6) is 0.867. The van der Waals surface area contributed by atoms with Gasteiger partial charge in [-0.25, -0.2) is 0 Å². The minimum atomic E-state index is 0.384. The van der Waals surface area contributed by atoms with Gasteiger partial charge < -0.3 is 20.1 Å². The van der Waals surface area contributed by atoms with Gasteiger partial charge in [-0.3, -0.25) is 9.89 Å². The summed E-state index contributed by atoms with van der Waals surface area (Å²) in [6, 6.07) is 4.76. The highest BCUT2D eigenvalue weighted by Gasteiger charge is 2.24. The summed E-state index contributed by atoms with van der Waals surface area (Å²) in [6.07, 6.45) is 4.88. The van der Waals surface area contributed by atoms with E-state index in [1.54, 1.807) is 0 Å². The molecule has 1 saturated heterocycles. The van der Waals surface area contributed by atoms with Gasteiger partial charge in [-0.1, -0.05) is 19.4 Å².